The van der Waals surface area contributed by atoms with Gasteiger partial charge in [-0.1, -0.05) is 19.9 Å². The third-order valence-corrected chi connectivity index (χ3v) is 4.42. The molecule has 0 fully saturated rings. The molecule has 24 heavy (non-hydrogen) atoms. The lowest BCUT2D eigenvalue weighted by atomic mass is 10.0. The zero-order valence-electron chi connectivity index (χ0n) is 13.6. The van der Waals surface area contributed by atoms with Crippen LogP contribution in [-0.4, -0.2) is 25.7 Å². The number of carbonyl (C=O) groups excluding carboxylic acids is 1. The van der Waals surface area contributed by atoms with E-state index in [9.17, 15) is 4.79 Å². The summed E-state index contributed by atoms with van der Waals surface area (Å²) in [5, 5.41) is 9.30. The predicted molar refractivity (Wildman–Crippen MR) is 93.1 cm³/mol. The van der Waals surface area contributed by atoms with Crippen molar-refractivity contribution in [3.05, 3.63) is 59.1 Å². The maximum atomic E-state index is 12.5. The van der Waals surface area contributed by atoms with E-state index in [1.54, 1.807) is 17.1 Å². The van der Waals surface area contributed by atoms with E-state index in [-0.39, 0.29) is 11.9 Å². The van der Waals surface area contributed by atoms with Crippen LogP contribution in [0.1, 0.15) is 41.8 Å². The van der Waals surface area contributed by atoms with E-state index in [1.807, 2.05) is 29.6 Å². The Hall–Kier alpha value is -2.54. The van der Waals surface area contributed by atoms with Crippen LogP contribution >= 0.6 is 11.3 Å². The molecule has 7 heteroatoms. The molecule has 0 bridgehead atoms. The fourth-order valence-corrected chi connectivity index (χ4v) is 3.14. The van der Waals surface area contributed by atoms with Gasteiger partial charge in [0.2, 0.25) is 0 Å². The zero-order valence-corrected chi connectivity index (χ0v) is 14.4. The number of carbonyl (C=O) groups is 1. The minimum Gasteiger partial charge on any atom is -0.341 e. The number of amides is 1. The highest BCUT2D eigenvalue weighted by Gasteiger charge is 2.23. The summed E-state index contributed by atoms with van der Waals surface area (Å²) in [6.07, 6.45) is 5.71. The summed E-state index contributed by atoms with van der Waals surface area (Å²) in [4.78, 5) is 21.6. The Labute approximate surface area is 144 Å². The summed E-state index contributed by atoms with van der Waals surface area (Å²) in [5.41, 5.74) is 0.872. The molecule has 0 aliphatic carbocycles. The van der Waals surface area contributed by atoms with E-state index in [4.69, 9.17) is 0 Å². The van der Waals surface area contributed by atoms with Crippen molar-refractivity contribution in [3.63, 3.8) is 0 Å². The molecule has 3 heterocycles. The number of pyridine rings is 1. The summed E-state index contributed by atoms with van der Waals surface area (Å²) in [5.74, 6) is 1.04. The molecular weight excluding hydrogens is 322 g/mol. The first kappa shape index (κ1) is 16.3. The van der Waals surface area contributed by atoms with Gasteiger partial charge in [0.15, 0.2) is 5.82 Å². The third-order valence-electron chi connectivity index (χ3n) is 3.55. The molecule has 0 aliphatic heterocycles. The SMILES string of the molecule is CC(C)C[C@H](NC(=O)c1cccs1)c1ncnn1-c1ccncc1. The minimum atomic E-state index is -0.213. The highest BCUT2D eigenvalue weighted by Crippen LogP contribution is 2.22. The summed E-state index contributed by atoms with van der Waals surface area (Å²) < 4.78 is 1.75. The van der Waals surface area contributed by atoms with Crippen LogP contribution in [-0.2, 0) is 0 Å². The Bertz CT molecular complexity index is 782. The van der Waals surface area contributed by atoms with Crippen molar-refractivity contribution in [2.75, 3.05) is 0 Å². The average molecular weight is 341 g/mol. The van der Waals surface area contributed by atoms with Gasteiger partial charge in [-0.05, 0) is 35.9 Å². The highest BCUT2D eigenvalue weighted by atomic mass is 32.1. The average Bonchev–Trinajstić information content (AvgIpc) is 3.26. The van der Waals surface area contributed by atoms with Gasteiger partial charge in [0.05, 0.1) is 16.6 Å². The Kier molecular flexibility index (Phi) is 5.00. The topological polar surface area (TPSA) is 72.7 Å². The number of hydrogen-bond acceptors (Lipinski definition) is 5. The molecule has 3 aromatic heterocycles. The van der Waals surface area contributed by atoms with E-state index in [1.165, 1.54) is 17.7 Å². The molecule has 1 atom stereocenters. The molecule has 0 saturated heterocycles. The predicted octanol–water partition coefficient (Wildman–Crippen LogP) is 3.24. The van der Waals surface area contributed by atoms with E-state index in [0.717, 1.165) is 17.9 Å². The summed E-state index contributed by atoms with van der Waals surface area (Å²) in [6.45, 7) is 4.24. The molecule has 0 unspecified atom stereocenters. The van der Waals surface area contributed by atoms with E-state index in [2.05, 4.69) is 34.2 Å². The number of nitrogens with zero attached hydrogens (tertiary/aromatic N) is 4. The van der Waals surface area contributed by atoms with Crippen molar-refractivity contribution in [2.45, 2.75) is 26.3 Å². The van der Waals surface area contributed by atoms with Crippen LogP contribution in [0.2, 0.25) is 0 Å². The first-order valence-corrected chi connectivity index (χ1v) is 8.68. The zero-order chi connectivity index (χ0) is 16.9. The monoisotopic (exact) mass is 341 g/mol. The molecule has 0 spiro atoms. The molecule has 0 saturated carbocycles. The Balaban J connectivity index is 1.90. The van der Waals surface area contributed by atoms with Crippen molar-refractivity contribution in [1.29, 1.82) is 0 Å². The van der Waals surface area contributed by atoms with Gasteiger partial charge in [-0.2, -0.15) is 5.10 Å². The second kappa shape index (κ2) is 7.35. The lowest BCUT2D eigenvalue weighted by Gasteiger charge is -2.20. The first-order chi connectivity index (χ1) is 11.6. The van der Waals surface area contributed by atoms with Crippen molar-refractivity contribution in [1.82, 2.24) is 25.1 Å². The molecule has 0 aliphatic rings. The fourth-order valence-electron chi connectivity index (χ4n) is 2.51. The molecule has 3 aromatic rings. The van der Waals surface area contributed by atoms with Crippen LogP contribution in [0.15, 0.2) is 48.4 Å². The van der Waals surface area contributed by atoms with E-state index >= 15 is 0 Å². The normalized spacial score (nSPS) is 12.3. The lowest BCUT2D eigenvalue weighted by molar-refractivity contribution is 0.0933. The maximum absolute atomic E-state index is 12.5. The van der Waals surface area contributed by atoms with Gasteiger partial charge in [-0.15, -0.1) is 11.3 Å². The summed E-state index contributed by atoms with van der Waals surface area (Å²) >= 11 is 1.43. The van der Waals surface area contributed by atoms with Crippen molar-refractivity contribution in [2.24, 2.45) is 5.92 Å². The van der Waals surface area contributed by atoms with Crippen molar-refractivity contribution in [3.8, 4) is 5.69 Å². The number of aromatic nitrogens is 4. The summed E-state index contributed by atoms with van der Waals surface area (Å²) in [7, 11) is 0. The smallest absolute Gasteiger partial charge is 0.261 e. The minimum absolute atomic E-state index is 0.0834. The molecule has 0 aromatic carbocycles. The summed E-state index contributed by atoms with van der Waals surface area (Å²) in [6, 6.07) is 7.21. The fraction of sp³-hybridized carbons (Fsp3) is 0.294. The highest BCUT2D eigenvalue weighted by molar-refractivity contribution is 7.12. The number of thiophene rings is 1. The molecular formula is C17H19N5OS. The third kappa shape index (κ3) is 3.68. The second-order valence-electron chi connectivity index (χ2n) is 5.87. The lowest BCUT2D eigenvalue weighted by Crippen LogP contribution is -2.31. The second-order valence-corrected chi connectivity index (χ2v) is 6.82. The Morgan fingerprint density at radius 3 is 2.75 bits per heavy atom. The van der Waals surface area contributed by atoms with E-state index in [0.29, 0.717) is 10.8 Å². The molecule has 1 amide bonds. The largest absolute Gasteiger partial charge is 0.341 e. The van der Waals surface area contributed by atoms with Gasteiger partial charge in [0.1, 0.15) is 6.33 Å². The molecule has 3 rings (SSSR count). The first-order valence-electron chi connectivity index (χ1n) is 7.80. The van der Waals surface area contributed by atoms with Crippen LogP contribution in [0.4, 0.5) is 0 Å². The van der Waals surface area contributed by atoms with Gasteiger partial charge in [0.25, 0.3) is 5.91 Å². The van der Waals surface area contributed by atoms with Crippen molar-refractivity contribution >= 4 is 17.2 Å². The van der Waals surface area contributed by atoms with Crippen LogP contribution in [0, 0.1) is 5.92 Å². The molecule has 0 radical (unpaired) electrons. The number of rotatable bonds is 6. The molecule has 6 nitrogen and oxygen atoms in total. The number of hydrogen-bond donors (Lipinski definition) is 1. The number of nitrogens with one attached hydrogen (secondary N) is 1. The molecule has 1 N–H and O–H groups in total. The quantitative estimate of drug-likeness (QED) is 0.747. The van der Waals surface area contributed by atoms with Gasteiger partial charge in [-0.25, -0.2) is 9.67 Å². The van der Waals surface area contributed by atoms with Crippen LogP contribution in [0.25, 0.3) is 5.69 Å². The van der Waals surface area contributed by atoms with E-state index < -0.39 is 0 Å². The molecule has 124 valence electrons. The van der Waals surface area contributed by atoms with Crippen LogP contribution in [0.5, 0.6) is 0 Å². The standard InChI is InChI=1S/C17H19N5OS/c1-12(2)10-14(21-17(23)15-4-3-9-24-15)16-19-11-20-22(16)13-5-7-18-8-6-13/h3-9,11-12,14H,10H2,1-2H3,(H,21,23)/t14-/m0/s1. The van der Waals surface area contributed by atoms with Crippen LogP contribution < -0.4 is 5.32 Å². The van der Waals surface area contributed by atoms with Gasteiger partial charge < -0.3 is 5.32 Å². The van der Waals surface area contributed by atoms with Gasteiger partial charge in [0, 0.05) is 12.4 Å². The van der Waals surface area contributed by atoms with Crippen LogP contribution in [0.3, 0.4) is 0 Å². The Morgan fingerprint density at radius 1 is 1.29 bits per heavy atom. The van der Waals surface area contributed by atoms with Crippen molar-refractivity contribution < 1.29 is 4.79 Å². The maximum Gasteiger partial charge on any atom is 0.261 e. The van der Waals surface area contributed by atoms with Gasteiger partial charge >= 0.3 is 0 Å². The Morgan fingerprint density at radius 2 is 2.08 bits per heavy atom. The van der Waals surface area contributed by atoms with Gasteiger partial charge in [-0.3, -0.25) is 9.78 Å².